The first kappa shape index (κ1) is 12.9. The van der Waals surface area contributed by atoms with Crippen LogP contribution in [0, 0.1) is 6.92 Å². The fourth-order valence-corrected chi connectivity index (χ4v) is 3.09. The summed E-state index contributed by atoms with van der Waals surface area (Å²) in [7, 11) is 0. The Morgan fingerprint density at radius 2 is 2.05 bits per heavy atom. The predicted octanol–water partition coefficient (Wildman–Crippen LogP) is 2.98. The summed E-state index contributed by atoms with van der Waals surface area (Å²) in [5.74, 6) is 1.09. The Balaban J connectivity index is 1.79. The van der Waals surface area contributed by atoms with Crippen molar-refractivity contribution < 1.29 is 9.47 Å². The SMILES string of the molecule is Cc1cccc2c1OCCCC2NC1CCCOC1. The first-order valence-corrected chi connectivity index (χ1v) is 7.40. The predicted molar refractivity (Wildman–Crippen MR) is 75.6 cm³/mol. The molecule has 2 aliphatic heterocycles. The van der Waals surface area contributed by atoms with E-state index in [-0.39, 0.29) is 0 Å². The summed E-state index contributed by atoms with van der Waals surface area (Å²) < 4.78 is 11.5. The van der Waals surface area contributed by atoms with E-state index in [1.165, 1.54) is 24.0 Å². The van der Waals surface area contributed by atoms with E-state index in [2.05, 4.69) is 30.4 Å². The molecule has 104 valence electrons. The van der Waals surface area contributed by atoms with E-state index in [4.69, 9.17) is 9.47 Å². The van der Waals surface area contributed by atoms with E-state index in [9.17, 15) is 0 Å². The van der Waals surface area contributed by atoms with Crippen molar-refractivity contribution in [1.29, 1.82) is 0 Å². The molecular weight excluding hydrogens is 238 g/mol. The molecular formula is C16H23NO2. The Labute approximate surface area is 115 Å². The van der Waals surface area contributed by atoms with Gasteiger partial charge in [0.2, 0.25) is 0 Å². The number of rotatable bonds is 2. The molecule has 0 bridgehead atoms. The average Bonchev–Trinajstić information content (AvgIpc) is 2.64. The smallest absolute Gasteiger partial charge is 0.126 e. The van der Waals surface area contributed by atoms with E-state index in [1.54, 1.807) is 0 Å². The van der Waals surface area contributed by atoms with E-state index < -0.39 is 0 Å². The van der Waals surface area contributed by atoms with Gasteiger partial charge in [-0.05, 0) is 38.2 Å². The summed E-state index contributed by atoms with van der Waals surface area (Å²) in [6.45, 7) is 4.72. The molecule has 2 heterocycles. The zero-order valence-corrected chi connectivity index (χ0v) is 11.7. The van der Waals surface area contributed by atoms with E-state index >= 15 is 0 Å². The molecule has 2 unspecified atom stereocenters. The summed E-state index contributed by atoms with van der Waals surface area (Å²) in [4.78, 5) is 0. The lowest BCUT2D eigenvalue weighted by molar-refractivity contribution is 0.0659. The zero-order chi connectivity index (χ0) is 13.1. The Bertz CT molecular complexity index is 427. The molecule has 3 nitrogen and oxygen atoms in total. The van der Waals surface area contributed by atoms with Crippen LogP contribution in [0.15, 0.2) is 18.2 Å². The molecule has 1 aromatic carbocycles. The van der Waals surface area contributed by atoms with Crippen molar-refractivity contribution in [2.45, 2.75) is 44.7 Å². The van der Waals surface area contributed by atoms with Gasteiger partial charge in [0.05, 0.1) is 13.2 Å². The molecule has 3 rings (SSSR count). The minimum Gasteiger partial charge on any atom is -0.493 e. The first-order chi connectivity index (χ1) is 9.34. The largest absolute Gasteiger partial charge is 0.493 e. The van der Waals surface area contributed by atoms with Crippen LogP contribution in [0.5, 0.6) is 5.75 Å². The molecule has 0 radical (unpaired) electrons. The third-order valence-corrected chi connectivity index (χ3v) is 4.10. The highest BCUT2D eigenvalue weighted by atomic mass is 16.5. The quantitative estimate of drug-likeness (QED) is 0.888. The van der Waals surface area contributed by atoms with E-state index in [0.717, 1.165) is 38.4 Å². The molecule has 1 aromatic rings. The molecule has 19 heavy (non-hydrogen) atoms. The molecule has 2 atom stereocenters. The van der Waals surface area contributed by atoms with Crippen molar-refractivity contribution in [1.82, 2.24) is 5.32 Å². The second kappa shape index (κ2) is 5.93. The van der Waals surface area contributed by atoms with Crippen LogP contribution >= 0.6 is 0 Å². The van der Waals surface area contributed by atoms with Crippen LogP contribution in [0.4, 0.5) is 0 Å². The maximum Gasteiger partial charge on any atom is 0.126 e. The topological polar surface area (TPSA) is 30.5 Å². The molecule has 1 fully saturated rings. The second-order valence-electron chi connectivity index (χ2n) is 5.62. The molecule has 0 spiro atoms. The zero-order valence-electron chi connectivity index (χ0n) is 11.7. The van der Waals surface area contributed by atoms with Crippen LogP contribution in [-0.2, 0) is 4.74 Å². The first-order valence-electron chi connectivity index (χ1n) is 7.40. The van der Waals surface area contributed by atoms with Gasteiger partial charge < -0.3 is 14.8 Å². The normalized spacial score (nSPS) is 27.2. The second-order valence-corrected chi connectivity index (χ2v) is 5.62. The molecule has 0 aromatic heterocycles. The minimum absolute atomic E-state index is 0.407. The summed E-state index contributed by atoms with van der Waals surface area (Å²) in [6.07, 6.45) is 4.65. The van der Waals surface area contributed by atoms with Crippen molar-refractivity contribution >= 4 is 0 Å². The Hall–Kier alpha value is -1.06. The summed E-state index contributed by atoms with van der Waals surface area (Å²) in [5.41, 5.74) is 2.56. The number of para-hydroxylation sites is 1. The van der Waals surface area contributed by atoms with Crippen LogP contribution in [0.2, 0.25) is 0 Å². The Morgan fingerprint density at radius 3 is 2.89 bits per heavy atom. The number of aryl methyl sites for hydroxylation is 1. The van der Waals surface area contributed by atoms with E-state index in [0.29, 0.717) is 12.1 Å². The molecule has 2 aliphatic rings. The Kier molecular flexibility index (Phi) is 4.04. The maximum absolute atomic E-state index is 5.93. The molecule has 0 amide bonds. The van der Waals surface area contributed by atoms with Crippen LogP contribution in [0.1, 0.15) is 42.9 Å². The minimum atomic E-state index is 0.407. The summed E-state index contributed by atoms with van der Waals surface area (Å²) >= 11 is 0. The van der Waals surface area contributed by atoms with Crippen LogP contribution in [-0.4, -0.2) is 25.9 Å². The highest BCUT2D eigenvalue weighted by Gasteiger charge is 2.24. The van der Waals surface area contributed by atoms with Gasteiger partial charge in [0.15, 0.2) is 0 Å². The highest BCUT2D eigenvalue weighted by Crippen LogP contribution is 2.34. The van der Waals surface area contributed by atoms with Gasteiger partial charge in [-0.3, -0.25) is 0 Å². The van der Waals surface area contributed by atoms with Crippen molar-refractivity contribution in [3.63, 3.8) is 0 Å². The van der Waals surface area contributed by atoms with Crippen LogP contribution in [0.25, 0.3) is 0 Å². The average molecular weight is 261 g/mol. The van der Waals surface area contributed by atoms with Crippen LogP contribution in [0.3, 0.4) is 0 Å². The van der Waals surface area contributed by atoms with Gasteiger partial charge in [0, 0.05) is 24.3 Å². The van der Waals surface area contributed by atoms with Crippen molar-refractivity contribution in [2.75, 3.05) is 19.8 Å². The number of fused-ring (bicyclic) bond motifs is 1. The van der Waals surface area contributed by atoms with Gasteiger partial charge in [-0.2, -0.15) is 0 Å². The highest BCUT2D eigenvalue weighted by molar-refractivity contribution is 5.43. The van der Waals surface area contributed by atoms with Crippen molar-refractivity contribution in [3.05, 3.63) is 29.3 Å². The van der Waals surface area contributed by atoms with Crippen LogP contribution < -0.4 is 10.1 Å². The third kappa shape index (κ3) is 2.93. The fraction of sp³-hybridized carbons (Fsp3) is 0.625. The van der Waals surface area contributed by atoms with Crippen molar-refractivity contribution in [2.24, 2.45) is 0 Å². The number of nitrogens with one attached hydrogen (secondary N) is 1. The Morgan fingerprint density at radius 1 is 1.16 bits per heavy atom. The lowest BCUT2D eigenvalue weighted by Crippen LogP contribution is -2.39. The number of hydrogen-bond acceptors (Lipinski definition) is 3. The molecule has 1 saturated heterocycles. The van der Waals surface area contributed by atoms with Gasteiger partial charge in [-0.25, -0.2) is 0 Å². The maximum atomic E-state index is 5.93. The molecule has 1 N–H and O–H groups in total. The standard InChI is InChI=1S/C16H23NO2/c1-12-5-2-7-14-15(8-4-10-19-16(12)14)17-13-6-3-9-18-11-13/h2,5,7,13,15,17H,3-4,6,8-11H2,1H3. The molecule has 0 saturated carbocycles. The molecule has 3 heteroatoms. The van der Waals surface area contributed by atoms with Gasteiger partial charge in [-0.1, -0.05) is 18.2 Å². The number of ether oxygens (including phenoxy) is 2. The number of hydrogen-bond donors (Lipinski definition) is 1. The van der Waals surface area contributed by atoms with Gasteiger partial charge in [-0.15, -0.1) is 0 Å². The number of benzene rings is 1. The lowest BCUT2D eigenvalue weighted by atomic mass is 9.98. The monoisotopic (exact) mass is 261 g/mol. The van der Waals surface area contributed by atoms with Gasteiger partial charge >= 0.3 is 0 Å². The molecule has 0 aliphatic carbocycles. The van der Waals surface area contributed by atoms with Gasteiger partial charge in [0.1, 0.15) is 5.75 Å². The summed E-state index contributed by atoms with van der Waals surface area (Å²) in [6, 6.07) is 7.36. The van der Waals surface area contributed by atoms with Gasteiger partial charge in [0.25, 0.3) is 0 Å². The summed E-state index contributed by atoms with van der Waals surface area (Å²) in [5, 5.41) is 3.78. The van der Waals surface area contributed by atoms with E-state index in [1.807, 2.05) is 0 Å². The fourth-order valence-electron chi connectivity index (χ4n) is 3.09. The lowest BCUT2D eigenvalue weighted by Gasteiger charge is -2.28. The third-order valence-electron chi connectivity index (χ3n) is 4.10. The van der Waals surface area contributed by atoms with Crippen molar-refractivity contribution in [3.8, 4) is 5.75 Å².